The molecule has 2 aromatic carbocycles. The van der Waals surface area contributed by atoms with Crippen LogP contribution < -0.4 is 14.9 Å². The Bertz CT molecular complexity index is 844. The molecule has 0 spiro atoms. The van der Waals surface area contributed by atoms with Gasteiger partial charge in [-0.2, -0.15) is 0 Å². The minimum Gasteiger partial charge on any atom is -0.378 e. The summed E-state index contributed by atoms with van der Waals surface area (Å²) in [4.78, 5) is 14.4. The van der Waals surface area contributed by atoms with E-state index in [0.717, 1.165) is 5.69 Å². The minimum atomic E-state index is -3.54. The fourth-order valence-corrected chi connectivity index (χ4v) is 3.48. The molecule has 7 heteroatoms. The van der Waals surface area contributed by atoms with E-state index in [2.05, 4.69) is 10.0 Å². The zero-order valence-electron chi connectivity index (χ0n) is 14.8. The van der Waals surface area contributed by atoms with Gasteiger partial charge < -0.3 is 10.2 Å². The Kier molecular flexibility index (Phi) is 5.81. The molecule has 134 valence electrons. The highest BCUT2D eigenvalue weighted by atomic mass is 32.2. The standard InChI is InChI=1S/C18H23N3O3S/c1-13(2)20-25(23,24)17-10-8-15(9-11-17)19-18(22)14-6-5-7-16(12-14)21(3)4/h5-13,20H,1-4H3,(H,19,22). The number of anilines is 2. The monoisotopic (exact) mass is 361 g/mol. The van der Waals surface area contributed by atoms with E-state index in [1.807, 2.05) is 31.1 Å². The quantitative estimate of drug-likeness (QED) is 0.829. The molecule has 0 radical (unpaired) electrons. The zero-order valence-corrected chi connectivity index (χ0v) is 15.6. The van der Waals surface area contributed by atoms with Crippen LogP contribution in [0.5, 0.6) is 0 Å². The van der Waals surface area contributed by atoms with Gasteiger partial charge in [0.05, 0.1) is 4.90 Å². The smallest absolute Gasteiger partial charge is 0.255 e. The van der Waals surface area contributed by atoms with Gasteiger partial charge in [-0.25, -0.2) is 13.1 Å². The van der Waals surface area contributed by atoms with Crippen LogP contribution in [0.4, 0.5) is 11.4 Å². The first kappa shape index (κ1) is 19.0. The molecule has 0 aromatic heterocycles. The van der Waals surface area contributed by atoms with Gasteiger partial charge in [0.2, 0.25) is 10.0 Å². The van der Waals surface area contributed by atoms with Crippen molar-refractivity contribution in [1.29, 1.82) is 0 Å². The second-order valence-corrected chi connectivity index (χ2v) is 7.91. The van der Waals surface area contributed by atoms with Crippen LogP contribution in [-0.2, 0) is 10.0 Å². The maximum Gasteiger partial charge on any atom is 0.255 e. The van der Waals surface area contributed by atoms with Crippen LogP contribution in [0.15, 0.2) is 53.4 Å². The third-order valence-corrected chi connectivity index (χ3v) is 5.11. The average Bonchev–Trinajstić information content (AvgIpc) is 2.54. The molecule has 2 aromatic rings. The number of nitrogens with zero attached hydrogens (tertiary/aromatic N) is 1. The highest BCUT2D eigenvalue weighted by Crippen LogP contribution is 2.17. The van der Waals surface area contributed by atoms with Gasteiger partial charge in [-0.3, -0.25) is 4.79 Å². The van der Waals surface area contributed by atoms with Crippen LogP contribution in [-0.4, -0.2) is 34.5 Å². The van der Waals surface area contributed by atoms with Gasteiger partial charge in [0.15, 0.2) is 0 Å². The topological polar surface area (TPSA) is 78.5 Å². The van der Waals surface area contributed by atoms with Crippen molar-refractivity contribution in [2.45, 2.75) is 24.8 Å². The molecule has 0 fully saturated rings. The first-order valence-corrected chi connectivity index (χ1v) is 9.38. The SMILES string of the molecule is CC(C)NS(=O)(=O)c1ccc(NC(=O)c2cccc(N(C)C)c2)cc1. The van der Waals surface area contributed by atoms with Crippen LogP contribution in [0.3, 0.4) is 0 Å². The summed E-state index contributed by atoms with van der Waals surface area (Å²) in [5, 5.41) is 2.77. The number of amides is 1. The normalized spacial score (nSPS) is 11.4. The minimum absolute atomic E-state index is 0.161. The van der Waals surface area contributed by atoms with E-state index >= 15 is 0 Å². The number of hydrogen-bond acceptors (Lipinski definition) is 4. The van der Waals surface area contributed by atoms with Crippen LogP contribution in [0.25, 0.3) is 0 Å². The van der Waals surface area contributed by atoms with Gasteiger partial charge in [-0.05, 0) is 56.3 Å². The molecular weight excluding hydrogens is 338 g/mol. The Hall–Kier alpha value is -2.38. The van der Waals surface area contributed by atoms with Crippen molar-refractivity contribution in [3.05, 3.63) is 54.1 Å². The summed E-state index contributed by atoms with van der Waals surface area (Å²) >= 11 is 0. The second-order valence-electron chi connectivity index (χ2n) is 6.20. The largest absolute Gasteiger partial charge is 0.378 e. The maximum atomic E-state index is 12.4. The van der Waals surface area contributed by atoms with Gasteiger partial charge in [-0.15, -0.1) is 0 Å². The Morgan fingerprint density at radius 1 is 1.04 bits per heavy atom. The van der Waals surface area contributed by atoms with Crippen molar-refractivity contribution in [1.82, 2.24) is 4.72 Å². The number of sulfonamides is 1. The van der Waals surface area contributed by atoms with Crippen LogP contribution in [0, 0.1) is 0 Å². The summed E-state index contributed by atoms with van der Waals surface area (Å²) < 4.78 is 26.7. The predicted molar refractivity (Wildman–Crippen MR) is 101 cm³/mol. The van der Waals surface area contributed by atoms with E-state index in [1.165, 1.54) is 12.1 Å². The molecule has 0 heterocycles. The zero-order chi connectivity index (χ0) is 18.6. The van der Waals surface area contributed by atoms with Gasteiger partial charge in [0.1, 0.15) is 0 Å². The van der Waals surface area contributed by atoms with Crippen LogP contribution in [0.1, 0.15) is 24.2 Å². The maximum absolute atomic E-state index is 12.4. The Morgan fingerprint density at radius 3 is 2.24 bits per heavy atom. The molecule has 6 nitrogen and oxygen atoms in total. The summed E-state index contributed by atoms with van der Waals surface area (Å²) in [6.45, 7) is 3.52. The Morgan fingerprint density at radius 2 is 1.68 bits per heavy atom. The van der Waals surface area contributed by atoms with Crippen molar-refractivity contribution in [3.8, 4) is 0 Å². The van der Waals surface area contributed by atoms with E-state index in [9.17, 15) is 13.2 Å². The highest BCUT2D eigenvalue weighted by molar-refractivity contribution is 7.89. The highest BCUT2D eigenvalue weighted by Gasteiger charge is 2.15. The number of carbonyl (C=O) groups is 1. The first-order valence-electron chi connectivity index (χ1n) is 7.90. The molecule has 25 heavy (non-hydrogen) atoms. The third-order valence-electron chi connectivity index (χ3n) is 3.44. The number of benzene rings is 2. The molecule has 0 aliphatic heterocycles. The summed E-state index contributed by atoms with van der Waals surface area (Å²) in [6.07, 6.45) is 0. The number of carbonyl (C=O) groups excluding carboxylic acids is 1. The fourth-order valence-electron chi connectivity index (χ4n) is 2.22. The van der Waals surface area contributed by atoms with Crippen molar-refractivity contribution in [2.24, 2.45) is 0 Å². The van der Waals surface area contributed by atoms with E-state index in [1.54, 1.807) is 38.1 Å². The van der Waals surface area contributed by atoms with Gasteiger partial charge >= 0.3 is 0 Å². The van der Waals surface area contributed by atoms with Crippen molar-refractivity contribution in [2.75, 3.05) is 24.3 Å². The average molecular weight is 361 g/mol. The molecule has 1 amide bonds. The first-order chi connectivity index (χ1) is 11.7. The van der Waals surface area contributed by atoms with Crippen molar-refractivity contribution in [3.63, 3.8) is 0 Å². The number of nitrogens with one attached hydrogen (secondary N) is 2. The summed E-state index contributed by atoms with van der Waals surface area (Å²) in [6, 6.07) is 13.1. The number of hydrogen-bond donors (Lipinski definition) is 2. The van der Waals surface area contributed by atoms with Gasteiger partial charge in [-0.1, -0.05) is 6.07 Å². The van der Waals surface area contributed by atoms with Crippen molar-refractivity contribution >= 4 is 27.3 Å². The second kappa shape index (κ2) is 7.67. The van der Waals surface area contributed by atoms with Crippen LogP contribution >= 0.6 is 0 Å². The predicted octanol–water partition coefficient (Wildman–Crippen LogP) is 2.69. The Labute approximate surface area is 148 Å². The van der Waals surface area contributed by atoms with E-state index in [-0.39, 0.29) is 16.8 Å². The third kappa shape index (κ3) is 5.04. The summed E-state index contributed by atoms with van der Waals surface area (Å²) in [5.41, 5.74) is 1.99. The molecule has 0 bridgehead atoms. The molecule has 0 atom stereocenters. The lowest BCUT2D eigenvalue weighted by atomic mass is 10.1. The fraction of sp³-hybridized carbons (Fsp3) is 0.278. The van der Waals surface area contributed by atoms with Gasteiger partial charge in [0.25, 0.3) is 5.91 Å². The summed E-state index contributed by atoms with van der Waals surface area (Å²) in [5.74, 6) is -0.250. The molecule has 0 saturated heterocycles. The molecule has 0 aliphatic rings. The molecule has 0 unspecified atom stereocenters. The molecule has 2 N–H and O–H groups in total. The molecule has 0 aliphatic carbocycles. The molecule has 2 rings (SSSR count). The lowest BCUT2D eigenvalue weighted by Gasteiger charge is -2.14. The van der Waals surface area contributed by atoms with Crippen molar-refractivity contribution < 1.29 is 13.2 Å². The number of rotatable bonds is 6. The lowest BCUT2D eigenvalue weighted by molar-refractivity contribution is 0.102. The molecular formula is C18H23N3O3S. The van der Waals surface area contributed by atoms with E-state index in [0.29, 0.717) is 11.3 Å². The molecule has 0 saturated carbocycles. The van der Waals surface area contributed by atoms with E-state index in [4.69, 9.17) is 0 Å². The van der Waals surface area contributed by atoms with Crippen LogP contribution in [0.2, 0.25) is 0 Å². The summed E-state index contributed by atoms with van der Waals surface area (Å²) in [7, 11) is 0.268. The van der Waals surface area contributed by atoms with Gasteiger partial charge in [0, 0.05) is 37.1 Å². The van der Waals surface area contributed by atoms with E-state index < -0.39 is 10.0 Å². The lowest BCUT2D eigenvalue weighted by Crippen LogP contribution is -2.30. The Balaban J connectivity index is 2.13.